The average molecular weight is 603 g/mol. The van der Waals surface area contributed by atoms with E-state index in [0.29, 0.717) is 25.2 Å². The van der Waals surface area contributed by atoms with Crippen LogP contribution in [0.25, 0.3) is 0 Å². The number of hydrogen-bond donors (Lipinski definition) is 7. The number of urea groups is 1. The predicted molar refractivity (Wildman–Crippen MR) is 160 cm³/mol. The minimum Gasteiger partial charge on any atom is -0.479 e. The van der Waals surface area contributed by atoms with Gasteiger partial charge < -0.3 is 26.0 Å². The number of fused-ring (bicyclic) bond motifs is 2. The number of allylic oxidation sites excluding steroid dienone is 1. The van der Waals surface area contributed by atoms with E-state index in [-0.39, 0.29) is 30.6 Å². The summed E-state index contributed by atoms with van der Waals surface area (Å²) in [4.78, 5) is 54.8. The van der Waals surface area contributed by atoms with Gasteiger partial charge in [-0.05, 0) is 71.6 Å². The Labute approximate surface area is 254 Å². The molecule has 6 atom stereocenters. The molecule has 4 amide bonds. The van der Waals surface area contributed by atoms with E-state index in [0.717, 1.165) is 38.5 Å². The number of aliphatic carboxylic acids is 1. The summed E-state index contributed by atoms with van der Waals surface area (Å²) in [7, 11) is 0. The topological polar surface area (TPSA) is 167 Å². The minimum atomic E-state index is -1.36. The standard InChI is InChI=1S/C30H50N8O5/c1-29(2,3)33-28(43)31-22-15-11-6-4-5-10-14-20-17-30(20,27(41)42)32-25(39)23-16-21(18-37(23)26(22)40)38-35-24(34-36-38)19-12-8-7-9-13-19/h10,14,19-24,34-36H,4-9,11-13,15-18H2,1-3H3,(H,32,39)(H,41,42)(H2,31,33,43)/b14-10-/t20-,21-,22+,23+,24?,30-/m1/s1. The van der Waals surface area contributed by atoms with Crippen LogP contribution in [0.3, 0.4) is 0 Å². The number of rotatable bonds is 4. The third-order valence-corrected chi connectivity index (χ3v) is 9.54. The summed E-state index contributed by atoms with van der Waals surface area (Å²) in [5.41, 5.74) is 8.22. The zero-order valence-electron chi connectivity index (χ0n) is 25.8. The fourth-order valence-electron chi connectivity index (χ4n) is 7.04. The summed E-state index contributed by atoms with van der Waals surface area (Å²) in [6.45, 7) is 5.87. The SMILES string of the molecule is CC(C)(C)NC(=O)N[C@H]1CCCCC/C=C\[C@@H]2C[C@@]2(C(=O)O)NC(=O)[C@@H]2C[C@@H](N3NNC(C4CCCCC4)N3)CN2C1=O. The molecule has 5 aliphatic rings. The first-order valence-corrected chi connectivity index (χ1v) is 16.1. The number of carboxylic acids is 1. The third-order valence-electron chi connectivity index (χ3n) is 9.54. The highest BCUT2D eigenvalue weighted by atomic mass is 16.4. The fourth-order valence-corrected chi connectivity index (χ4v) is 7.04. The van der Waals surface area contributed by atoms with E-state index in [4.69, 9.17) is 0 Å². The maximum absolute atomic E-state index is 14.2. The van der Waals surface area contributed by atoms with E-state index in [1.54, 1.807) is 4.90 Å². The minimum absolute atomic E-state index is 0.0488. The Morgan fingerprint density at radius 1 is 1.05 bits per heavy atom. The molecule has 5 rings (SSSR count). The van der Waals surface area contributed by atoms with Gasteiger partial charge in [-0.3, -0.25) is 9.59 Å². The van der Waals surface area contributed by atoms with Crippen molar-refractivity contribution in [3.63, 3.8) is 0 Å². The zero-order chi connectivity index (χ0) is 30.8. The quantitative estimate of drug-likeness (QED) is 0.237. The van der Waals surface area contributed by atoms with Crippen molar-refractivity contribution in [1.82, 2.24) is 42.4 Å². The molecule has 0 radical (unpaired) electrons. The second-order valence-corrected chi connectivity index (χ2v) is 14.1. The molecule has 13 nitrogen and oxygen atoms in total. The van der Waals surface area contributed by atoms with Crippen molar-refractivity contribution in [3.8, 4) is 0 Å². The van der Waals surface area contributed by atoms with Crippen LogP contribution in [0.5, 0.6) is 0 Å². The summed E-state index contributed by atoms with van der Waals surface area (Å²) in [6.07, 6.45) is 14.3. The molecule has 0 bridgehead atoms. The van der Waals surface area contributed by atoms with Gasteiger partial charge in [0.05, 0.1) is 12.2 Å². The van der Waals surface area contributed by atoms with Gasteiger partial charge in [-0.1, -0.05) is 44.3 Å². The van der Waals surface area contributed by atoms with Crippen LogP contribution in [0.4, 0.5) is 4.79 Å². The van der Waals surface area contributed by atoms with Gasteiger partial charge in [0, 0.05) is 18.0 Å². The Hall–Kier alpha value is -2.74. The molecule has 2 saturated carbocycles. The zero-order valence-corrected chi connectivity index (χ0v) is 25.8. The first kappa shape index (κ1) is 31.7. The highest BCUT2D eigenvalue weighted by Gasteiger charge is 2.61. The summed E-state index contributed by atoms with van der Waals surface area (Å²) >= 11 is 0. The number of nitrogens with one attached hydrogen (secondary N) is 6. The number of hydrazine groups is 3. The predicted octanol–water partition coefficient (Wildman–Crippen LogP) is 1.64. The second kappa shape index (κ2) is 13.1. The molecule has 0 aromatic rings. The first-order valence-electron chi connectivity index (χ1n) is 16.1. The molecule has 0 spiro atoms. The van der Waals surface area contributed by atoms with Crippen LogP contribution in [-0.2, 0) is 14.4 Å². The second-order valence-electron chi connectivity index (χ2n) is 14.1. The molecule has 13 heteroatoms. The summed E-state index contributed by atoms with van der Waals surface area (Å²) < 4.78 is 0. The van der Waals surface area contributed by atoms with Crippen molar-refractivity contribution in [2.45, 2.75) is 133 Å². The normalized spacial score (nSPS) is 35.6. The van der Waals surface area contributed by atoms with Crippen molar-refractivity contribution in [2.75, 3.05) is 6.54 Å². The summed E-state index contributed by atoms with van der Waals surface area (Å²) in [5, 5.41) is 20.5. The Morgan fingerprint density at radius 2 is 1.77 bits per heavy atom. The van der Waals surface area contributed by atoms with Crippen molar-refractivity contribution in [2.24, 2.45) is 11.8 Å². The van der Waals surface area contributed by atoms with Crippen LogP contribution in [0.15, 0.2) is 12.2 Å². The highest BCUT2D eigenvalue weighted by molar-refractivity contribution is 5.96. The van der Waals surface area contributed by atoms with Gasteiger partial charge in [-0.25, -0.2) is 20.4 Å². The van der Waals surface area contributed by atoms with E-state index >= 15 is 0 Å². The molecule has 3 heterocycles. The van der Waals surface area contributed by atoms with Crippen molar-refractivity contribution in [1.29, 1.82) is 0 Å². The fraction of sp³-hybridized carbons (Fsp3) is 0.800. The van der Waals surface area contributed by atoms with Gasteiger partial charge in [0.25, 0.3) is 0 Å². The Kier molecular flexibility index (Phi) is 9.64. The van der Waals surface area contributed by atoms with E-state index < -0.39 is 41.1 Å². The monoisotopic (exact) mass is 602 g/mol. The molecule has 7 N–H and O–H groups in total. The lowest BCUT2D eigenvalue weighted by atomic mass is 9.87. The molecule has 43 heavy (non-hydrogen) atoms. The number of amides is 4. The van der Waals surface area contributed by atoms with Gasteiger partial charge in [0.15, 0.2) is 0 Å². The van der Waals surface area contributed by atoms with Gasteiger partial charge in [-0.2, -0.15) is 10.7 Å². The molecule has 2 aliphatic carbocycles. The summed E-state index contributed by atoms with van der Waals surface area (Å²) in [6, 6.07) is -2.38. The third kappa shape index (κ3) is 7.50. The van der Waals surface area contributed by atoms with Gasteiger partial charge >= 0.3 is 12.0 Å². The van der Waals surface area contributed by atoms with Crippen molar-refractivity contribution < 1.29 is 24.3 Å². The van der Waals surface area contributed by atoms with E-state index in [2.05, 4.69) is 32.3 Å². The van der Waals surface area contributed by atoms with Crippen LogP contribution < -0.4 is 32.3 Å². The molecular weight excluding hydrogens is 552 g/mol. The van der Waals surface area contributed by atoms with Crippen LogP contribution in [0.1, 0.15) is 97.8 Å². The van der Waals surface area contributed by atoms with Gasteiger partial charge in [0.1, 0.15) is 17.6 Å². The first-order chi connectivity index (χ1) is 20.5. The van der Waals surface area contributed by atoms with Crippen LogP contribution in [-0.4, -0.2) is 80.9 Å². The number of carbonyl (C=O) groups excluding carboxylic acids is 3. The highest BCUT2D eigenvalue weighted by Crippen LogP contribution is 2.45. The molecule has 1 unspecified atom stereocenters. The van der Waals surface area contributed by atoms with E-state index in [1.165, 1.54) is 19.3 Å². The van der Waals surface area contributed by atoms with Crippen molar-refractivity contribution >= 4 is 23.8 Å². The smallest absolute Gasteiger partial charge is 0.330 e. The molecule has 0 aromatic heterocycles. The Bertz CT molecular complexity index is 1090. The lowest BCUT2D eigenvalue weighted by molar-refractivity contribution is -0.145. The van der Waals surface area contributed by atoms with Crippen molar-refractivity contribution in [3.05, 3.63) is 12.2 Å². The lowest BCUT2D eigenvalue weighted by Gasteiger charge is -2.31. The summed E-state index contributed by atoms with van der Waals surface area (Å²) in [5.74, 6) is -1.66. The van der Waals surface area contributed by atoms with Gasteiger partial charge in [0.2, 0.25) is 11.8 Å². The lowest BCUT2D eigenvalue weighted by Crippen LogP contribution is -2.58. The molecule has 2 saturated heterocycles. The maximum Gasteiger partial charge on any atom is 0.330 e. The number of carbonyl (C=O) groups is 4. The molecule has 240 valence electrons. The van der Waals surface area contributed by atoms with Crippen LogP contribution in [0, 0.1) is 11.8 Å². The number of carboxylic acid groups (broad SMARTS) is 1. The Balaban J connectivity index is 1.37. The average Bonchev–Trinajstić information content (AvgIpc) is 3.28. The number of hydrogen-bond acceptors (Lipinski definition) is 8. The molecular formula is C30H50N8O5. The van der Waals surface area contributed by atoms with E-state index in [1.807, 2.05) is 38.0 Å². The van der Waals surface area contributed by atoms with E-state index in [9.17, 15) is 24.3 Å². The molecule has 4 fully saturated rings. The van der Waals surface area contributed by atoms with Crippen LogP contribution >= 0.6 is 0 Å². The van der Waals surface area contributed by atoms with Crippen LogP contribution in [0.2, 0.25) is 0 Å². The molecule has 3 aliphatic heterocycles. The largest absolute Gasteiger partial charge is 0.479 e. The number of nitrogens with zero attached hydrogens (tertiary/aromatic N) is 2. The van der Waals surface area contributed by atoms with Gasteiger partial charge in [-0.15, -0.1) is 0 Å². The molecule has 0 aromatic carbocycles. The maximum atomic E-state index is 14.2. The Morgan fingerprint density at radius 3 is 2.49 bits per heavy atom.